The highest BCUT2D eigenvalue weighted by Gasteiger charge is 2.32. The summed E-state index contributed by atoms with van der Waals surface area (Å²) in [4.78, 5) is 3.53. The Labute approximate surface area is 149 Å². The molecular formula is C20H16F3N3. The van der Waals surface area contributed by atoms with Gasteiger partial charge in [0, 0.05) is 24.2 Å². The van der Waals surface area contributed by atoms with Crippen LogP contribution < -0.4 is 5.32 Å². The van der Waals surface area contributed by atoms with Crippen molar-refractivity contribution in [2.75, 3.05) is 6.54 Å². The molecule has 0 spiro atoms. The van der Waals surface area contributed by atoms with Gasteiger partial charge in [0.15, 0.2) is 0 Å². The van der Waals surface area contributed by atoms with Gasteiger partial charge in [0.2, 0.25) is 0 Å². The summed E-state index contributed by atoms with van der Waals surface area (Å²) in [5.41, 5.74) is 3.47. The molecule has 1 aromatic heterocycles. The molecule has 1 atom stereocenters. The van der Waals surface area contributed by atoms with E-state index in [4.69, 9.17) is 0 Å². The zero-order chi connectivity index (χ0) is 18.9. The van der Waals surface area contributed by atoms with Crippen LogP contribution in [0.3, 0.4) is 0 Å². The number of pyridine rings is 1. The van der Waals surface area contributed by atoms with E-state index in [9.17, 15) is 18.4 Å². The second-order valence-corrected chi connectivity index (χ2v) is 6.16. The fraction of sp³-hybridized carbons (Fsp3) is 0.200. The molecule has 1 aromatic carbocycles. The molecule has 3 rings (SSSR count). The predicted octanol–water partition coefficient (Wildman–Crippen LogP) is 4.88. The van der Waals surface area contributed by atoms with Crippen LogP contribution in [0.25, 0.3) is 22.8 Å². The van der Waals surface area contributed by atoms with Crippen LogP contribution in [-0.2, 0) is 6.18 Å². The average Bonchev–Trinajstić information content (AvgIpc) is 3.01. The summed E-state index contributed by atoms with van der Waals surface area (Å²) in [6.07, 6.45) is -1.58. The molecule has 0 saturated carbocycles. The molecule has 0 bridgehead atoms. The number of benzene rings is 1. The number of alkyl halides is 3. The van der Waals surface area contributed by atoms with Gasteiger partial charge < -0.3 is 5.32 Å². The van der Waals surface area contributed by atoms with Gasteiger partial charge in [-0.05, 0) is 46.5 Å². The van der Waals surface area contributed by atoms with Crippen molar-refractivity contribution in [1.82, 2.24) is 10.3 Å². The topological polar surface area (TPSA) is 48.7 Å². The number of aromatic nitrogens is 1. The van der Waals surface area contributed by atoms with Gasteiger partial charge in [0.25, 0.3) is 0 Å². The number of rotatable bonds is 3. The summed E-state index contributed by atoms with van der Waals surface area (Å²) >= 11 is 0. The normalized spacial score (nSPS) is 17.0. The van der Waals surface area contributed by atoms with Crippen molar-refractivity contribution in [3.63, 3.8) is 0 Å². The van der Waals surface area contributed by atoms with Crippen LogP contribution in [0.2, 0.25) is 0 Å². The van der Waals surface area contributed by atoms with E-state index in [1.807, 2.05) is 25.1 Å². The zero-order valence-corrected chi connectivity index (χ0v) is 14.1. The van der Waals surface area contributed by atoms with Crippen LogP contribution in [0.15, 0.2) is 48.8 Å². The highest BCUT2D eigenvalue weighted by molar-refractivity contribution is 5.80. The molecule has 1 N–H and O–H groups in total. The number of nitriles is 1. The largest absolute Gasteiger partial charge is 0.433 e. The molecule has 0 radical (unpaired) electrons. The molecule has 0 fully saturated rings. The molecule has 0 saturated heterocycles. The summed E-state index contributed by atoms with van der Waals surface area (Å²) in [5, 5.41) is 12.4. The number of nitrogens with zero attached hydrogens (tertiary/aromatic N) is 2. The van der Waals surface area contributed by atoms with Crippen molar-refractivity contribution in [1.29, 1.82) is 5.26 Å². The lowest BCUT2D eigenvalue weighted by atomic mass is 9.91. The first-order valence-corrected chi connectivity index (χ1v) is 8.03. The summed E-state index contributed by atoms with van der Waals surface area (Å²) in [6, 6.07) is 10.2. The van der Waals surface area contributed by atoms with Gasteiger partial charge in [-0.15, -0.1) is 0 Å². The predicted molar refractivity (Wildman–Crippen MR) is 94.5 cm³/mol. The average molecular weight is 355 g/mol. The van der Waals surface area contributed by atoms with Crippen molar-refractivity contribution < 1.29 is 13.2 Å². The third kappa shape index (κ3) is 3.33. The molecule has 0 amide bonds. The van der Waals surface area contributed by atoms with Gasteiger partial charge in [-0.3, -0.25) is 4.98 Å². The van der Waals surface area contributed by atoms with Crippen molar-refractivity contribution in [3.8, 4) is 17.2 Å². The smallest absolute Gasteiger partial charge is 0.376 e. The Morgan fingerprint density at radius 2 is 1.96 bits per heavy atom. The summed E-state index contributed by atoms with van der Waals surface area (Å²) in [7, 11) is 0. The highest BCUT2D eigenvalue weighted by Crippen LogP contribution is 2.34. The minimum absolute atomic E-state index is 0.156. The number of hydrogen-bond donors (Lipinski definition) is 1. The molecule has 3 nitrogen and oxygen atoms in total. The maximum Gasteiger partial charge on any atom is 0.433 e. The minimum atomic E-state index is -4.47. The van der Waals surface area contributed by atoms with E-state index >= 15 is 0 Å². The lowest BCUT2D eigenvalue weighted by Gasteiger charge is -2.13. The van der Waals surface area contributed by atoms with Gasteiger partial charge in [-0.1, -0.05) is 25.6 Å². The first kappa shape index (κ1) is 17.7. The zero-order valence-electron chi connectivity index (χ0n) is 14.1. The molecule has 1 unspecified atom stereocenters. The van der Waals surface area contributed by atoms with E-state index in [1.54, 1.807) is 6.08 Å². The van der Waals surface area contributed by atoms with E-state index in [-0.39, 0.29) is 5.92 Å². The van der Waals surface area contributed by atoms with E-state index in [2.05, 4.69) is 22.9 Å². The van der Waals surface area contributed by atoms with Crippen molar-refractivity contribution in [2.45, 2.75) is 13.1 Å². The molecule has 1 aliphatic rings. The first-order chi connectivity index (χ1) is 12.3. The van der Waals surface area contributed by atoms with Gasteiger partial charge in [-0.2, -0.15) is 18.4 Å². The van der Waals surface area contributed by atoms with Crippen molar-refractivity contribution >= 4 is 11.6 Å². The standard InChI is InChI=1S/C20H16F3N3/c1-3-13-6-15(14-4-5-18(26-11-14)20(21,22)23)8-16(7-13)19-12(2)10-25-17(19)9-24/h3-8,11-12,25H,1,10H2,2H3. The van der Waals surface area contributed by atoms with Gasteiger partial charge in [0.1, 0.15) is 17.5 Å². The van der Waals surface area contributed by atoms with Crippen LogP contribution in [0.1, 0.15) is 23.7 Å². The third-order valence-corrected chi connectivity index (χ3v) is 4.35. The van der Waals surface area contributed by atoms with Gasteiger partial charge in [0.05, 0.1) is 0 Å². The van der Waals surface area contributed by atoms with E-state index in [0.717, 1.165) is 28.3 Å². The molecule has 6 heteroatoms. The van der Waals surface area contributed by atoms with Gasteiger partial charge >= 0.3 is 6.18 Å². The van der Waals surface area contributed by atoms with E-state index in [0.29, 0.717) is 17.8 Å². The van der Waals surface area contributed by atoms with Crippen LogP contribution >= 0.6 is 0 Å². The number of nitrogens with one attached hydrogen (secondary N) is 1. The van der Waals surface area contributed by atoms with Crippen LogP contribution in [0.5, 0.6) is 0 Å². The Balaban J connectivity index is 2.10. The number of halogens is 3. The van der Waals surface area contributed by atoms with E-state index < -0.39 is 11.9 Å². The monoisotopic (exact) mass is 355 g/mol. The molecule has 0 aliphatic carbocycles. The Kier molecular flexibility index (Phi) is 4.56. The fourth-order valence-corrected chi connectivity index (χ4v) is 3.05. The quantitative estimate of drug-likeness (QED) is 0.853. The lowest BCUT2D eigenvalue weighted by Crippen LogP contribution is -2.09. The van der Waals surface area contributed by atoms with Crippen molar-refractivity contribution in [3.05, 3.63) is 65.6 Å². The summed E-state index contributed by atoms with van der Waals surface area (Å²) in [6.45, 7) is 6.47. The molecular weight excluding hydrogens is 339 g/mol. The Morgan fingerprint density at radius 1 is 1.23 bits per heavy atom. The minimum Gasteiger partial charge on any atom is -0.376 e. The van der Waals surface area contributed by atoms with Crippen LogP contribution in [0.4, 0.5) is 13.2 Å². The third-order valence-electron chi connectivity index (χ3n) is 4.35. The van der Waals surface area contributed by atoms with Gasteiger partial charge in [-0.25, -0.2) is 0 Å². The Bertz CT molecular complexity index is 919. The first-order valence-electron chi connectivity index (χ1n) is 8.03. The summed E-state index contributed by atoms with van der Waals surface area (Å²) < 4.78 is 38.1. The number of allylic oxidation sites excluding steroid dienone is 1. The summed E-state index contributed by atoms with van der Waals surface area (Å²) in [5.74, 6) is 0.156. The lowest BCUT2D eigenvalue weighted by molar-refractivity contribution is -0.141. The number of hydrogen-bond acceptors (Lipinski definition) is 3. The SMILES string of the molecule is C=Cc1cc(C2=C(C#N)NCC2C)cc(-c2ccc(C(F)(F)F)nc2)c1. The Hall–Kier alpha value is -3.07. The molecule has 2 aromatic rings. The maximum absolute atomic E-state index is 12.7. The second kappa shape index (κ2) is 6.68. The molecule has 2 heterocycles. The molecule has 1 aliphatic heterocycles. The maximum atomic E-state index is 12.7. The molecule has 132 valence electrons. The highest BCUT2D eigenvalue weighted by atomic mass is 19.4. The fourth-order valence-electron chi connectivity index (χ4n) is 3.05. The molecule has 26 heavy (non-hydrogen) atoms. The Morgan fingerprint density at radius 3 is 2.54 bits per heavy atom. The van der Waals surface area contributed by atoms with Crippen LogP contribution in [0, 0.1) is 17.2 Å². The van der Waals surface area contributed by atoms with Crippen LogP contribution in [-0.4, -0.2) is 11.5 Å². The second-order valence-electron chi connectivity index (χ2n) is 6.16. The van der Waals surface area contributed by atoms with E-state index in [1.165, 1.54) is 12.3 Å². The van der Waals surface area contributed by atoms with Crippen molar-refractivity contribution in [2.24, 2.45) is 5.92 Å².